The van der Waals surface area contributed by atoms with Crippen molar-refractivity contribution in [1.82, 2.24) is 5.32 Å². The summed E-state index contributed by atoms with van der Waals surface area (Å²) in [4.78, 5) is 0. The molecule has 0 aromatic rings. The normalized spacial score (nSPS) is 30.2. The molecule has 0 aliphatic heterocycles. The van der Waals surface area contributed by atoms with Crippen LogP contribution in [0, 0.1) is 11.8 Å². The smallest absolute Gasteiger partial charge is 0.0622 e. The molecule has 1 fully saturated rings. The lowest BCUT2D eigenvalue weighted by atomic mass is 9.79. The van der Waals surface area contributed by atoms with E-state index in [-0.39, 0.29) is 0 Å². The molecule has 0 saturated heterocycles. The fraction of sp³-hybridized carbons (Fsp3) is 1.00. The highest BCUT2D eigenvalue weighted by Crippen LogP contribution is 2.30. The molecule has 0 spiro atoms. The SMILES string of the molecule is CCOCC(NC)C1CCC(C)CC1. The minimum Gasteiger partial charge on any atom is -0.380 e. The summed E-state index contributed by atoms with van der Waals surface area (Å²) in [5, 5.41) is 3.40. The van der Waals surface area contributed by atoms with Crippen LogP contribution in [0.5, 0.6) is 0 Å². The van der Waals surface area contributed by atoms with Crippen LogP contribution in [0.3, 0.4) is 0 Å². The van der Waals surface area contributed by atoms with E-state index in [9.17, 15) is 0 Å². The fourth-order valence-electron chi connectivity index (χ4n) is 2.39. The molecule has 14 heavy (non-hydrogen) atoms. The summed E-state index contributed by atoms with van der Waals surface area (Å²) in [6.07, 6.45) is 5.55. The zero-order valence-electron chi connectivity index (χ0n) is 9.88. The first kappa shape index (κ1) is 12.0. The molecule has 1 N–H and O–H groups in total. The highest BCUT2D eigenvalue weighted by atomic mass is 16.5. The molecular formula is C12H25NO. The Morgan fingerprint density at radius 3 is 2.43 bits per heavy atom. The summed E-state index contributed by atoms with van der Waals surface area (Å²) in [6.45, 7) is 6.15. The molecule has 1 atom stereocenters. The van der Waals surface area contributed by atoms with Gasteiger partial charge in [-0.1, -0.05) is 19.8 Å². The molecule has 1 aliphatic rings. The van der Waals surface area contributed by atoms with E-state index < -0.39 is 0 Å². The molecule has 2 nitrogen and oxygen atoms in total. The van der Waals surface area contributed by atoms with Crippen molar-refractivity contribution in [2.24, 2.45) is 11.8 Å². The van der Waals surface area contributed by atoms with E-state index in [0.717, 1.165) is 25.0 Å². The molecule has 1 saturated carbocycles. The van der Waals surface area contributed by atoms with E-state index in [1.54, 1.807) is 0 Å². The number of nitrogens with one attached hydrogen (secondary N) is 1. The van der Waals surface area contributed by atoms with Gasteiger partial charge in [-0.2, -0.15) is 0 Å². The maximum atomic E-state index is 5.50. The van der Waals surface area contributed by atoms with Crippen molar-refractivity contribution in [3.8, 4) is 0 Å². The van der Waals surface area contributed by atoms with Crippen LogP contribution in [0.15, 0.2) is 0 Å². The zero-order chi connectivity index (χ0) is 10.4. The summed E-state index contributed by atoms with van der Waals surface area (Å²) in [6, 6.07) is 0.572. The van der Waals surface area contributed by atoms with Crippen LogP contribution < -0.4 is 5.32 Å². The van der Waals surface area contributed by atoms with Gasteiger partial charge in [0.05, 0.1) is 6.61 Å². The standard InChI is InChI=1S/C12H25NO/c1-4-14-9-12(13-3)11-7-5-10(2)6-8-11/h10-13H,4-9H2,1-3H3. The van der Waals surface area contributed by atoms with Gasteiger partial charge in [0.1, 0.15) is 0 Å². The van der Waals surface area contributed by atoms with Gasteiger partial charge in [0.25, 0.3) is 0 Å². The van der Waals surface area contributed by atoms with E-state index in [1.807, 2.05) is 0 Å². The van der Waals surface area contributed by atoms with Gasteiger partial charge in [-0.3, -0.25) is 0 Å². The second kappa shape index (κ2) is 6.41. The van der Waals surface area contributed by atoms with Crippen LogP contribution in [0.4, 0.5) is 0 Å². The summed E-state index contributed by atoms with van der Waals surface area (Å²) in [5.41, 5.74) is 0. The molecule has 0 aromatic carbocycles. The average molecular weight is 199 g/mol. The van der Waals surface area contributed by atoms with E-state index in [0.29, 0.717) is 6.04 Å². The number of likely N-dealkylation sites (N-methyl/N-ethyl adjacent to an activating group) is 1. The van der Waals surface area contributed by atoms with E-state index in [2.05, 4.69) is 26.2 Å². The molecule has 0 amide bonds. The second-order valence-electron chi connectivity index (χ2n) is 4.57. The van der Waals surface area contributed by atoms with Crippen LogP contribution in [-0.4, -0.2) is 26.3 Å². The van der Waals surface area contributed by atoms with Crippen LogP contribution in [-0.2, 0) is 4.74 Å². The van der Waals surface area contributed by atoms with Crippen LogP contribution >= 0.6 is 0 Å². The maximum Gasteiger partial charge on any atom is 0.0622 e. The van der Waals surface area contributed by atoms with Crippen LogP contribution in [0.25, 0.3) is 0 Å². The first-order chi connectivity index (χ1) is 6.77. The monoisotopic (exact) mass is 199 g/mol. The minimum atomic E-state index is 0.572. The third kappa shape index (κ3) is 3.58. The van der Waals surface area contributed by atoms with E-state index >= 15 is 0 Å². The van der Waals surface area contributed by atoms with Gasteiger partial charge < -0.3 is 10.1 Å². The Balaban J connectivity index is 2.29. The molecule has 1 aliphatic carbocycles. The Bertz CT molecular complexity index is 139. The lowest BCUT2D eigenvalue weighted by molar-refractivity contribution is 0.0917. The zero-order valence-corrected chi connectivity index (χ0v) is 9.88. The number of hydrogen-bond acceptors (Lipinski definition) is 2. The van der Waals surface area contributed by atoms with E-state index in [4.69, 9.17) is 4.74 Å². The summed E-state index contributed by atoms with van der Waals surface area (Å²) >= 11 is 0. The molecule has 0 heterocycles. The van der Waals surface area contributed by atoms with Crippen molar-refractivity contribution in [1.29, 1.82) is 0 Å². The number of hydrogen-bond donors (Lipinski definition) is 1. The van der Waals surface area contributed by atoms with Crippen molar-refractivity contribution in [2.45, 2.75) is 45.6 Å². The minimum absolute atomic E-state index is 0.572. The molecule has 1 unspecified atom stereocenters. The quantitative estimate of drug-likeness (QED) is 0.734. The number of ether oxygens (including phenoxy) is 1. The molecule has 0 aromatic heterocycles. The van der Waals surface area contributed by atoms with Gasteiger partial charge in [0, 0.05) is 12.6 Å². The van der Waals surface area contributed by atoms with Gasteiger partial charge in [-0.25, -0.2) is 0 Å². The predicted octanol–water partition coefficient (Wildman–Crippen LogP) is 2.44. The van der Waals surface area contributed by atoms with Gasteiger partial charge >= 0.3 is 0 Å². The molecular weight excluding hydrogens is 174 g/mol. The topological polar surface area (TPSA) is 21.3 Å². The van der Waals surface area contributed by atoms with Crippen molar-refractivity contribution in [3.63, 3.8) is 0 Å². The van der Waals surface area contributed by atoms with Crippen LogP contribution in [0.1, 0.15) is 39.5 Å². The van der Waals surface area contributed by atoms with Gasteiger partial charge in [-0.15, -0.1) is 0 Å². The summed E-state index contributed by atoms with van der Waals surface area (Å²) in [5.74, 6) is 1.78. The molecule has 2 heteroatoms. The third-order valence-electron chi connectivity index (χ3n) is 3.50. The Labute approximate surface area is 88.4 Å². The Morgan fingerprint density at radius 2 is 1.93 bits per heavy atom. The predicted molar refractivity (Wildman–Crippen MR) is 60.5 cm³/mol. The van der Waals surface area contributed by atoms with Gasteiger partial charge in [0.15, 0.2) is 0 Å². The first-order valence-corrected chi connectivity index (χ1v) is 6.03. The maximum absolute atomic E-state index is 5.50. The van der Waals surface area contributed by atoms with Crippen molar-refractivity contribution in [2.75, 3.05) is 20.3 Å². The molecule has 0 bridgehead atoms. The summed E-state index contributed by atoms with van der Waals surface area (Å²) in [7, 11) is 2.06. The van der Waals surface area contributed by atoms with Crippen LogP contribution in [0.2, 0.25) is 0 Å². The van der Waals surface area contributed by atoms with Gasteiger partial charge in [-0.05, 0) is 38.6 Å². The first-order valence-electron chi connectivity index (χ1n) is 6.03. The lowest BCUT2D eigenvalue weighted by Gasteiger charge is -2.32. The average Bonchev–Trinajstić information content (AvgIpc) is 2.21. The Kier molecular flexibility index (Phi) is 5.49. The second-order valence-corrected chi connectivity index (χ2v) is 4.57. The fourth-order valence-corrected chi connectivity index (χ4v) is 2.39. The van der Waals surface area contributed by atoms with E-state index in [1.165, 1.54) is 25.7 Å². The highest BCUT2D eigenvalue weighted by Gasteiger charge is 2.24. The van der Waals surface area contributed by atoms with Crippen molar-refractivity contribution in [3.05, 3.63) is 0 Å². The van der Waals surface area contributed by atoms with Crippen molar-refractivity contribution >= 4 is 0 Å². The Hall–Kier alpha value is -0.0800. The lowest BCUT2D eigenvalue weighted by Crippen LogP contribution is -2.39. The Morgan fingerprint density at radius 1 is 1.29 bits per heavy atom. The van der Waals surface area contributed by atoms with Crippen molar-refractivity contribution < 1.29 is 4.74 Å². The number of rotatable bonds is 5. The third-order valence-corrected chi connectivity index (χ3v) is 3.50. The highest BCUT2D eigenvalue weighted by molar-refractivity contribution is 4.79. The van der Waals surface area contributed by atoms with Gasteiger partial charge in [0.2, 0.25) is 0 Å². The summed E-state index contributed by atoms with van der Waals surface area (Å²) < 4.78 is 5.50. The molecule has 84 valence electrons. The molecule has 0 radical (unpaired) electrons. The molecule has 1 rings (SSSR count). The largest absolute Gasteiger partial charge is 0.380 e.